The molecule has 18 heavy (non-hydrogen) atoms. The fourth-order valence-electron chi connectivity index (χ4n) is 2.11. The van der Waals surface area contributed by atoms with Crippen LogP contribution in [0.25, 0.3) is 10.9 Å². The van der Waals surface area contributed by atoms with E-state index in [4.69, 9.17) is 9.90 Å². The van der Waals surface area contributed by atoms with Crippen molar-refractivity contribution in [3.05, 3.63) is 29.7 Å². The molecule has 0 atom stereocenters. The van der Waals surface area contributed by atoms with Crippen molar-refractivity contribution in [1.29, 1.82) is 0 Å². The fourth-order valence-corrected chi connectivity index (χ4v) is 2.11. The van der Waals surface area contributed by atoms with Crippen LogP contribution in [-0.4, -0.2) is 21.3 Å². The lowest BCUT2D eigenvalue weighted by Gasteiger charge is -2.12. The summed E-state index contributed by atoms with van der Waals surface area (Å²) in [4.78, 5) is 8.36. The number of carbonyl (C=O) groups is 1. The van der Waals surface area contributed by atoms with Gasteiger partial charge in [-0.3, -0.25) is 4.79 Å². The molecule has 0 aliphatic rings. The summed E-state index contributed by atoms with van der Waals surface area (Å²) in [5.41, 5.74) is 1.57. The van der Waals surface area contributed by atoms with Gasteiger partial charge in [0.05, 0.1) is 5.52 Å². The van der Waals surface area contributed by atoms with Crippen molar-refractivity contribution in [2.75, 3.05) is 0 Å². The minimum Gasteiger partial charge on any atom is -0.508 e. The summed E-state index contributed by atoms with van der Waals surface area (Å²) in [6.45, 7) is 5.72. The number of hydrogen-bond donors (Lipinski definition) is 2. The van der Waals surface area contributed by atoms with E-state index in [2.05, 4.69) is 0 Å². The van der Waals surface area contributed by atoms with Crippen LogP contribution in [0.15, 0.2) is 18.2 Å². The summed E-state index contributed by atoms with van der Waals surface area (Å²) >= 11 is 0. The van der Waals surface area contributed by atoms with Gasteiger partial charge < -0.3 is 14.8 Å². The van der Waals surface area contributed by atoms with E-state index >= 15 is 0 Å². The lowest BCUT2D eigenvalue weighted by atomic mass is 10.2. The van der Waals surface area contributed by atoms with Crippen LogP contribution >= 0.6 is 0 Å². The van der Waals surface area contributed by atoms with Crippen LogP contribution in [0.1, 0.15) is 25.6 Å². The highest BCUT2D eigenvalue weighted by Gasteiger charge is 2.13. The quantitative estimate of drug-likeness (QED) is 0.768. The van der Waals surface area contributed by atoms with Crippen molar-refractivity contribution >= 4 is 17.4 Å². The smallest absolute Gasteiger partial charge is 0.290 e. The average molecular weight is 253 g/mol. The van der Waals surface area contributed by atoms with E-state index in [1.807, 2.05) is 31.4 Å². The van der Waals surface area contributed by atoms with Gasteiger partial charge in [0.2, 0.25) is 0 Å². The first-order valence-electron chi connectivity index (χ1n) is 5.50. The van der Waals surface area contributed by atoms with Gasteiger partial charge in [-0.2, -0.15) is 0 Å². The second kappa shape index (κ2) is 5.53. The van der Waals surface area contributed by atoms with E-state index in [0.29, 0.717) is 5.52 Å². The van der Waals surface area contributed by atoms with Gasteiger partial charge in [0.25, 0.3) is 6.47 Å². The van der Waals surface area contributed by atoms with Crippen LogP contribution in [0.5, 0.6) is 5.75 Å². The Morgan fingerprint density at radius 1 is 1.33 bits per heavy atom. The summed E-state index contributed by atoms with van der Waals surface area (Å²) in [5, 5.41) is 16.9. The van der Waals surface area contributed by atoms with Gasteiger partial charge in [-0.15, -0.1) is 0 Å². The molecule has 5 heteroatoms. The van der Waals surface area contributed by atoms with Crippen molar-refractivity contribution in [2.45, 2.75) is 26.8 Å². The summed E-state index contributed by atoms with van der Waals surface area (Å²) in [6, 6.07) is 4.84. The molecular weight excluding hydrogens is 237 g/mol. The van der Waals surface area contributed by atoms with Gasteiger partial charge in [-0.1, -0.05) is 0 Å². The number of aromatic nitrogens is 1. The lowest BCUT2D eigenvalue weighted by Crippen LogP contribution is -2.03. The highest BCUT2D eigenvalue weighted by Crippen LogP contribution is 2.29. The Balaban J connectivity index is 0.000000492. The molecule has 4 nitrogen and oxygen atoms in total. The van der Waals surface area contributed by atoms with Crippen molar-refractivity contribution in [3.8, 4) is 5.75 Å². The predicted octanol–water partition coefficient (Wildman–Crippen LogP) is 3.08. The number of benzene rings is 1. The van der Waals surface area contributed by atoms with Gasteiger partial charge in [-0.25, -0.2) is 4.39 Å². The molecule has 0 radical (unpaired) electrons. The minimum absolute atomic E-state index is 0.0269. The third-order valence-corrected chi connectivity index (χ3v) is 2.58. The second-order valence-corrected chi connectivity index (χ2v) is 4.22. The third kappa shape index (κ3) is 2.61. The fraction of sp³-hybridized carbons (Fsp3) is 0.308. The molecule has 0 saturated heterocycles. The first kappa shape index (κ1) is 14.0. The average Bonchev–Trinajstić information content (AvgIpc) is 2.55. The zero-order valence-electron chi connectivity index (χ0n) is 10.5. The molecule has 2 aromatic rings. The van der Waals surface area contributed by atoms with Gasteiger partial charge in [-0.05, 0) is 32.9 Å². The summed E-state index contributed by atoms with van der Waals surface area (Å²) in [6.07, 6.45) is 0. The predicted molar refractivity (Wildman–Crippen MR) is 67.4 cm³/mol. The largest absolute Gasteiger partial charge is 0.508 e. The van der Waals surface area contributed by atoms with Crippen molar-refractivity contribution in [2.24, 2.45) is 0 Å². The highest BCUT2D eigenvalue weighted by atomic mass is 19.1. The molecule has 2 rings (SSSR count). The normalized spacial score (nSPS) is 10.3. The molecule has 98 valence electrons. The number of carboxylic acid groups (broad SMARTS) is 1. The molecule has 0 saturated carbocycles. The molecule has 0 bridgehead atoms. The Labute approximate surface area is 104 Å². The molecule has 0 aliphatic heterocycles. The van der Waals surface area contributed by atoms with Gasteiger partial charge in [0, 0.05) is 23.2 Å². The second-order valence-electron chi connectivity index (χ2n) is 4.22. The molecule has 0 amide bonds. The number of aryl methyl sites for hydroxylation is 1. The Morgan fingerprint density at radius 2 is 1.89 bits per heavy atom. The summed E-state index contributed by atoms with van der Waals surface area (Å²) in [5.74, 6) is -0.396. The molecule has 0 spiro atoms. The van der Waals surface area contributed by atoms with Crippen LogP contribution in [0.4, 0.5) is 4.39 Å². The number of halogens is 1. The molecule has 2 N–H and O–H groups in total. The number of phenolic OH excluding ortho intramolecular Hbond substituents is 1. The summed E-state index contributed by atoms with van der Waals surface area (Å²) in [7, 11) is 0. The highest BCUT2D eigenvalue weighted by molar-refractivity contribution is 5.83. The third-order valence-electron chi connectivity index (χ3n) is 2.58. The molecule has 1 heterocycles. The van der Waals surface area contributed by atoms with Crippen molar-refractivity contribution in [1.82, 2.24) is 4.57 Å². The van der Waals surface area contributed by atoms with Crippen LogP contribution in [0, 0.1) is 12.7 Å². The van der Waals surface area contributed by atoms with E-state index in [0.717, 1.165) is 17.1 Å². The molecule has 1 aromatic heterocycles. The van der Waals surface area contributed by atoms with E-state index in [1.54, 1.807) is 6.07 Å². The van der Waals surface area contributed by atoms with E-state index < -0.39 is 0 Å². The maximum absolute atomic E-state index is 13.7. The first-order valence-corrected chi connectivity index (χ1v) is 5.50. The summed E-state index contributed by atoms with van der Waals surface area (Å²) < 4.78 is 15.6. The van der Waals surface area contributed by atoms with Crippen LogP contribution in [0.2, 0.25) is 0 Å². The first-order chi connectivity index (χ1) is 8.42. The zero-order chi connectivity index (χ0) is 13.9. The van der Waals surface area contributed by atoms with Crippen LogP contribution < -0.4 is 0 Å². The van der Waals surface area contributed by atoms with Gasteiger partial charge in [0.1, 0.15) is 5.75 Å². The minimum atomic E-state index is -0.369. The van der Waals surface area contributed by atoms with Crippen LogP contribution in [-0.2, 0) is 4.79 Å². The van der Waals surface area contributed by atoms with Crippen molar-refractivity contribution in [3.63, 3.8) is 0 Å². The van der Waals surface area contributed by atoms with Crippen LogP contribution in [0.3, 0.4) is 0 Å². The maximum atomic E-state index is 13.7. The topological polar surface area (TPSA) is 62.5 Å². The Hall–Kier alpha value is -2.04. The Kier molecular flexibility index (Phi) is 4.31. The number of nitrogens with zero attached hydrogens (tertiary/aromatic N) is 1. The number of phenols is 1. The monoisotopic (exact) mass is 253 g/mol. The van der Waals surface area contributed by atoms with E-state index in [1.165, 1.54) is 0 Å². The van der Waals surface area contributed by atoms with Crippen molar-refractivity contribution < 1.29 is 19.4 Å². The molecular formula is C13H16FNO3. The van der Waals surface area contributed by atoms with E-state index in [-0.39, 0.29) is 24.1 Å². The number of hydrogen-bond acceptors (Lipinski definition) is 2. The Morgan fingerprint density at radius 3 is 2.39 bits per heavy atom. The molecule has 0 fully saturated rings. The SMILES string of the molecule is Cc1cc2cc(O)cc(F)c2n1C(C)C.O=CO. The molecule has 1 aromatic carbocycles. The maximum Gasteiger partial charge on any atom is 0.290 e. The zero-order valence-corrected chi connectivity index (χ0v) is 10.5. The van der Waals surface area contributed by atoms with Gasteiger partial charge >= 0.3 is 0 Å². The van der Waals surface area contributed by atoms with Gasteiger partial charge in [0.15, 0.2) is 5.82 Å². The Bertz CT molecular complexity index is 561. The number of fused-ring (bicyclic) bond motifs is 1. The number of aromatic hydroxyl groups is 1. The number of rotatable bonds is 1. The molecule has 0 aliphatic carbocycles. The molecule has 0 unspecified atom stereocenters. The van der Waals surface area contributed by atoms with E-state index in [9.17, 15) is 9.50 Å². The lowest BCUT2D eigenvalue weighted by molar-refractivity contribution is -0.122. The standard InChI is InChI=1S/C12H14FNO.CH2O2/c1-7(2)14-8(3)4-9-5-10(15)6-11(13)12(9)14;2-1-3/h4-7,15H,1-3H3;1H,(H,2,3).